The number of para-hydroxylation sites is 1. The number of aryl methyl sites for hydroxylation is 1. The van der Waals surface area contributed by atoms with Gasteiger partial charge in [0.05, 0.1) is 24.4 Å². The minimum absolute atomic E-state index is 0.526. The molecule has 0 radical (unpaired) electrons. The predicted octanol–water partition coefficient (Wildman–Crippen LogP) is 1.05. The summed E-state index contributed by atoms with van der Waals surface area (Å²) in [5.74, 6) is 0. The molecule has 2 aromatic rings. The van der Waals surface area contributed by atoms with Crippen LogP contribution in [0.1, 0.15) is 5.69 Å². The molecule has 4 heteroatoms. The minimum atomic E-state index is 0.526. The normalized spacial score (nSPS) is 11.1. The third kappa shape index (κ3) is 2.00. The number of nitrogens with zero attached hydrogens (tertiary/aromatic N) is 2. The van der Waals surface area contributed by atoms with Crippen LogP contribution in [-0.4, -0.2) is 22.9 Å². The number of ether oxygens (including phenoxy) is 1. The van der Waals surface area contributed by atoms with Crippen molar-refractivity contribution in [2.75, 3.05) is 13.2 Å². The summed E-state index contributed by atoms with van der Waals surface area (Å²) in [6.45, 7) is 1.65. The van der Waals surface area contributed by atoms with E-state index in [4.69, 9.17) is 10.5 Å². The van der Waals surface area contributed by atoms with Crippen LogP contribution in [-0.2, 0) is 18.4 Å². The molecule has 4 nitrogen and oxygen atoms in total. The van der Waals surface area contributed by atoms with Gasteiger partial charge in [0.15, 0.2) is 0 Å². The summed E-state index contributed by atoms with van der Waals surface area (Å²) in [5.41, 5.74) is 7.46. The van der Waals surface area contributed by atoms with Gasteiger partial charge in [0.2, 0.25) is 0 Å². The van der Waals surface area contributed by atoms with Gasteiger partial charge in [0.1, 0.15) is 0 Å². The summed E-state index contributed by atoms with van der Waals surface area (Å²) in [6, 6.07) is 8.13. The first-order valence-corrected chi connectivity index (χ1v) is 5.01. The summed E-state index contributed by atoms with van der Waals surface area (Å²) >= 11 is 0. The van der Waals surface area contributed by atoms with Crippen LogP contribution in [0.5, 0.6) is 0 Å². The molecule has 1 aromatic carbocycles. The van der Waals surface area contributed by atoms with E-state index in [1.54, 1.807) is 0 Å². The van der Waals surface area contributed by atoms with Crippen molar-refractivity contribution in [3.63, 3.8) is 0 Å². The highest BCUT2D eigenvalue weighted by atomic mass is 16.5. The van der Waals surface area contributed by atoms with Gasteiger partial charge in [0.25, 0.3) is 0 Å². The summed E-state index contributed by atoms with van der Waals surface area (Å²) < 4.78 is 7.26. The Morgan fingerprint density at radius 3 is 3.00 bits per heavy atom. The Balaban J connectivity index is 2.27. The lowest BCUT2D eigenvalue weighted by atomic mass is 10.2. The molecule has 80 valence electrons. The standard InChI is InChI=1S/C11H15N3O/c1-14-11-5-3-2-4-9(11)10(13-14)8-15-7-6-12/h2-5H,6-8,12H2,1H3. The fourth-order valence-corrected chi connectivity index (χ4v) is 1.65. The van der Waals surface area contributed by atoms with E-state index in [0.717, 1.165) is 16.6 Å². The molecule has 0 saturated heterocycles. The van der Waals surface area contributed by atoms with E-state index in [2.05, 4.69) is 17.2 Å². The van der Waals surface area contributed by atoms with Crippen LogP contribution in [0, 0.1) is 0 Å². The van der Waals surface area contributed by atoms with Gasteiger partial charge in [-0.2, -0.15) is 5.10 Å². The third-order valence-corrected chi connectivity index (χ3v) is 2.34. The lowest BCUT2D eigenvalue weighted by Gasteiger charge is -1.98. The molecule has 0 aliphatic heterocycles. The molecule has 2 rings (SSSR count). The van der Waals surface area contributed by atoms with Gasteiger partial charge in [-0.1, -0.05) is 18.2 Å². The molecular weight excluding hydrogens is 190 g/mol. The molecule has 1 aromatic heterocycles. The Labute approximate surface area is 88.6 Å². The van der Waals surface area contributed by atoms with E-state index in [1.807, 2.05) is 23.9 Å². The number of nitrogens with two attached hydrogens (primary N) is 1. The zero-order valence-electron chi connectivity index (χ0n) is 8.81. The molecule has 0 aliphatic carbocycles. The number of hydrogen-bond donors (Lipinski definition) is 1. The van der Waals surface area contributed by atoms with Crippen molar-refractivity contribution in [3.8, 4) is 0 Å². The molecule has 0 atom stereocenters. The maximum atomic E-state index is 5.39. The number of aromatic nitrogens is 2. The maximum absolute atomic E-state index is 5.39. The molecule has 0 unspecified atom stereocenters. The second kappa shape index (κ2) is 4.42. The van der Waals surface area contributed by atoms with Crippen LogP contribution in [0.25, 0.3) is 10.9 Å². The fourth-order valence-electron chi connectivity index (χ4n) is 1.65. The SMILES string of the molecule is Cn1nc(COCCN)c2ccccc21. The van der Waals surface area contributed by atoms with Crippen LogP contribution < -0.4 is 5.73 Å². The van der Waals surface area contributed by atoms with Gasteiger partial charge in [-0.25, -0.2) is 0 Å². The van der Waals surface area contributed by atoms with Crippen molar-refractivity contribution in [3.05, 3.63) is 30.0 Å². The predicted molar refractivity (Wildman–Crippen MR) is 59.4 cm³/mol. The summed E-state index contributed by atoms with van der Waals surface area (Å²) in [7, 11) is 1.94. The van der Waals surface area contributed by atoms with Crippen molar-refractivity contribution in [1.82, 2.24) is 9.78 Å². The van der Waals surface area contributed by atoms with E-state index < -0.39 is 0 Å². The van der Waals surface area contributed by atoms with Crippen LogP contribution in [0.15, 0.2) is 24.3 Å². The number of fused-ring (bicyclic) bond motifs is 1. The van der Waals surface area contributed by atoms with E-state index >= 15 is 0 Å². The lowest BCUT2D eigenvalue weighted by molar-refractivity contribution is 0.126. The van der Waals surface area contributed by atoms with Gasteiger partial charge < -0.3 is 10.5 Å². The van der Waals surface area contributed by atoms with E-state index in [9.17, 15) is 0 Å². The van der Waals surface area contributed by atoms with Crippen LogP contribution in [0.3, 0.4) is 0 Å². The Morgan fingerprint density at radius 1 is 1.40 bits per heavy atom. The molecular formula is C11H15N3O. The summed E-state index contributed by atoms with van der Waals surface area (Å²) in [6.07, 6.45) is 0. The maximum Gasteiger partial charge on any atom is 0.0960 e. The van der Waals surface area contributed by atoms with Crippen molar-refractivity contribution in [2.45, 2.75) is 6.61 Å². The smallest absolute Gasteiger partial charge is 0.0960 e. The highest BCUT2D eigenvalue weighted by Gasteiger charge is 2.06. The first kappa shape index (κ1) is 10.1. The average Bonchev–Trinajstić information content (AvgIpc) is 2.58. The molecule has 0 spiro atoms. The largest absolute Gasteiger partial charge is 0.374 e. The Kier molecular flexibility index (Phi) is 2.99. The molecule has 1 heterocycles. The monoisotopic (exact) mass is 205 g/mol. The quantitative estimate of drug-likeness (QED) is 0.759. The molecule has 2 N–H and O–H groups in total. The highest BCUT2D eigenvalue weighted by molar-refractivity contribution is 5.81. The van der Waals surface area contributed by atoms with Gasteiger partial charge in [0, 0.05) is 19.0 Å². The lowest BCUT2D eigenvalue weighted by Crippen LogP contribution is -2.08. The zero-order valence-corrected chi connectivity index (χ0v) is 8.81. The molecule has 0 fully saturated rings. The van der Waals surface area contributed by atoms with Crippen LogP contribution >= 0.6 is 0 Å². The van der Waals surface area contributed by atoms with E-state index in [0.29, 0.717) is 19.8 Å². The number of hydrogen-bond acceptors (Lipinski definition) is 3. The minimum Gasteiger partial charge on any atom is -0.374 e. The third-order valence-electron chi connectivity index (χ3n) is 2.34. The average molecular weight is 205 g/mol. The van der Waals surface area contributed by atoms with Crippen molar-refractivity contribution in [2.24, 2.45) is 12.8 Å². The molecule has 0 amide bonds. The van der Waals surface area contributed by atoms with Gasteiger partial charge in [-0.3, -0.25) is 4.68 Å². The topological polar surface area (TPSA) is 53.1 Å². The molecule has 0 saturated carbocycles. The molecule has 0 bridgehead atoms. The fraction of sp³-hybridized carbons (Fsp3) is 0.364. The Bertz CT molecular complexity index is 450. The molecule has 0 aliphatic rings. The Morgan fingerprint density at radius 2 is 2.20 bits per heavy atom. The number of rotatable bonds is 4. The Hall–Kier alpha value is -1.39. The number of benzene rings is 1. The molecule has 15 heavy (non-hydrogen) atoms. The summed E-state index contributed by atoms with van der Waals surface area (Å²) in [5, 5.41) is 5.56. The first-order chi connectivity index (χ1) is 7.33. The van der Waals surface area contributed by atoms with E-state index in [-0.39, 0.29) is 0 Å². The summed E-state index contributed by atoms with van der Waals surface area (Å²) in [4.78, 5) is 0. The van der Waals surface area contributed by atoms with Crippen molar-refractivity contribution < 1.29 is 4.74 Å². The van der Waals surface area contributed by atoms with Gasteiger partial charge in [-0.15, -0.1) is 0 Å². The van der Waals surface area contributed by atoms with Crippen molar-refractivity contribution >= 4 is 10.9 Å². The zero-order chi connectivity index (χ0) is 10.7. The van der Waals surface area contributed by atoms with Crippen LogP contribution in [0.4, 0.5) is 0 Å². The second-order valence-electron chi connectivity index (χ2n) is 3.43. The van der Waals surface area contributed by atoms with Crippen LogP contribution in [0.2, 0.25) is 0 Å². The second-order valence-corrected chi connectivity index (χ2v) is 3.43. The van der Waals surface area contributed by atoms with Gasteiger partial charge in [-0.05, 0) is 6.07 Å². The van der Waals surface area contributed by atoms with Gasteiger partial charge >= 0.3 is 0 Å². The van der Waals surface area contributed by atoms with E-state index in [1.165, 1.54) is 0 Å². The highest BCUT2D eigenvalue weighted by Crippen LogP contribution is 2.17. The first-order valence-electron chi connectivity index (χ1n) is 5.01. The van der Waals surface area contributed by atoms with Crippen molar-refractivity contribution in [1.29, 1.82) is 0 Å².